The molecule has 0 aliphatic rings. The summed E-state index contributed by atoms with van der Waals surface area (Å²) in [6, 6.07) is 5.54. The number of carboxylic acids is 1. The van der Waals surface area contributed by atoms with E-state index in [1.165, 1.54) is 31.4 Å². The number of hydrogen-bond donors (Lipinski definition) is 3. The monoisotopic (exact) mass is 282 g/mol. The Hall–Kier alpha value is -2.77. The molecule has 108 valence electrons. The molecule has 0 radical (unpaired) electrons. The number of rotatable bonds is 6. The number of ether oxygens (including phenoxy) is 2. The van der Waals surface area contributed by atoms with Crippen molar-refractivity contribution < 1.29 is 29.0 Å². The third-order valence-corrected chi connectivity index (χ3v) is 2.10. The van der Waals surface area contributed by atoms with Crippen LogP contribution in [-0.2, 0) is 14.3 Å². The molecule has 1 aromatic carbocycles. The molecule has 0 aliphatic carbocycles. The fourth-order valence-corrected chi connectivity index (χ4v) is 1.18. The highest BCUT2D eigenvalue weighted by atomic mass is 16.5. The minimum Gasteiger partial charge on any atom is -0.482 e. The smallest absolute Gasteiger partial charge is 0.341 e. The summed E-state index contributed by atoms with van der Waals surface area (Å²) in [5, 5.41) is 13.2. The van der Waals surface area contributed by atoms with Crippen LogP contribution >= 0.6 is 0 Å². The molecular formula is C12H14N2O6. The van der Waals surface area contributed by atoms with Crippen molar-refractivity contribution in [3.63, 3.8) is 0 Å². The van der Waals surface area contributed by atoms with E-state index in [1.54, 1.807) is 0 Å². The summed E-state index contributed by atoms with van der Waals surface area (Å²) in [6.07, 6.45) is 0. The number of methoxy groups -OCH3 is 1. The minimum absolute atomic E-state index is 0.234. The third kappa shape index (κ3) is 5.71. The van der Waals surface area contributed by atoms with Crippen molar-refractivity contribution in [3.05, 3.63) is 24.3 Å². The molecule has 2 amide bonds. The first-order valence-electron chi connectivity index (χ1n) is 5.57. The van der Waals surface area contributed by atoms with Crippen molar-refractivity contribution >= 4 is 23.7 Å². The predicted octanol–water partition coefficient (Wildman–Crippen LogP) is 0.444. The fourth-order valence-electron chi connectivity index (χ4n) is 1.18. The Labute approximate surface area is 114 Å². The van der Waals surface area contributed by atoms with Crippen LogP contribution in [0, 0.1) is 0 Å². The lowest BCUT2D eigenvalue weighted by molar-refractivity contribution is -0.140. The SMILES string of the molecule is COC(=O)CNC(=O)Nc1ccc(OCC(=O)O)cc1. The van der Waals surface area contributed by atoms with E-state index in [2.05, 4.69) is 15.4 Å². The van der Waals surface area contributed by atoms with Crippen LogP contribution in [0.5, 0.6) is 5.75 Å². The van der Waals surface area contributed by atoms with Gasteiger partial charge in [-0.15, -0.1) is 0 Å². The van der Waals surface area contributed by atoms with Crippen LogP contribution < -0.4 is 15.4 Å². The molecule has 0 heterocycles. The Balaban J connectivity index is 2.42. The zero-order chi connectivity index (χ0) is 15.0. The molecule has 0 bridgehead atoms. The second kappa shape index (κ2) is 7.62. The number of carbonyl (C=O) groups excluding carboxylic acids is 2. The summed E-state index contributed by atoms with van der Waals surface area (Å²) in [5.74, 6) is -1.26. The molecular weight excluding hydrogens is 268 g/mol. The molecule has 8 heteroatoms. The lowest BCUT2D eigenvalue weighted by atomic mass is 10.3. The molecule has 0 fully saturated rings. The quantitative estimate of drug-likeness (QED) is 0.652. The van der Waals surface area contributed by atoms with Crippen LogP contribution in [0.1, 0.15) is 0 Å². The number of aliphatic carboxylic acids is 1. The molecule has 0 saturated carbocycles. The summed E-state index contributed by atoms with van der Waals surface area (Å²) in [7, 11) is 1.22. The van der Waals surface area contributed by atoms with Crippen LogP contribution in [0.15, 0.2) is 24.3 Å². The predicted molar refractivity (Wildman–Crippen MR) is 68.6 cm³/mol. The number of benzene rings is 1. The van der Waals surface area contributed by atoms with Gasteiger partial charge in [0.05, 0.1) is 7.11 Å². The lowest BCUT2D eigenvalue weighted by Gasteiger charge is -2.08. The van der Waals surface area contributed by atoms with Gasteiger partial charge in [-0.1, -0.05) is 0 Å². The topological polar surface area (TPSA) is 114 Å². The highest BCUT2D eigenvalue weighted by Crippen LogP contribution is 2.15. The van der Waals surface area contributed by atoms with Gasteiger partial charge in [0.2, 0.25) is 0 Å². The Morgan fingerprint density at radius 1 is 1.20 bits per heavy atom. The van der Waals surface area contributed by atoms with Gasteiger partial charge in [-0.3, -0.25) is 4.79 Å². The maximum Gasteiger partial charge on any atom is 0.341 e. The maximum atomic E-state index is 11.4. The number of urea groups is 1. The maximum absolute atomic E-state index is 11.4. The molecule has 0 atom stereocenters. The Bertz CT molecular complexity index is 485. The molecule has 0 saturated heterocycles. The van der Waals surface area contributed by atoms with E-state index in [1.807, 2.05) is 0 Å². The summed E-state index contributed by atoms with van der Waals surface area (Å²) in [4.78, 5) is 32.5. The zero-order valence-corrected chi connectivity index (χ0v) is 10.7. The summed E-state index contributed by atoms with van der Waals surface area (Å²) in [5.41, 5.74) is 0.468. The average molecular weight is 282 g/mol. The van der Waals surface area contributed by atoms with Gasteiger partial charge in [0.1, 0.15) is 12.3 Å². The van der Waals surface area contributed by atoms with Crippen molar-refractivity contribution in [2.24, 2.45) is 0 Å². The zero-order valence-electron chi connectivity index (χ0n) is 10.7. The van der Waals surface area contributed by atoms with Crippen LogP contribution in [0.25, 0.3) is 0 Å². The van der Waals surface area contributed by atoms with Crippen LogP contribution in [0.4, 0.5) is 10.5 Å². The average Bonchev–Trinajstić information content (AvgIpc) is 2.44. The first kappa shape index (κ1) is 15.3. The van der Waals surface area contributed by atoms with Gasteiger partial charge in [-0.25, -0.2) is 9.59 Å². The summed E-state index contributed by atoms with van der Waals surface area (Å²) < 4.78 is 9.30. The van der Waals surface area contributed by atoms with E-state index in [9.17, 15) is 14.4 Å². The molecule has 20 heavy (non-hydrogen) atoms. The van der Waals surface area contributed by atoms with Crippen molar-refractivity contribution in [1.82, 2.24) is 5.32 Å². The van der Waals surface area contributed by atoms with E-state index in [-0.39, 0.29) is 6.54 Å². The van der Waals surface area contributed by atoms with E-state index in [4.69, 9.17) is 9.84 Å². The number of anilines is 1. The minimum atomic E-state index is -1.07. The number of carboxylic acid groups (broad SMARTS) is 1. The van der Waals surface area contributed by atoms with E-state index in [0.717, 1.165) is 0 Å². The number of hydrogen-bond acceptors (Lipinski definition) is 5. The van der Waals surface area contributed by atoms with Gasteiger partial charge in [0.25, 0.3) is 0 Å². The van der Waals surface area contributed by atoms with Gasteiger partial charge in [0.15, 0.2) is 6.61 Å². The lowest BCUT2D eigenvalue weighted by Crippen LogP contribution is -2.33. The first-order chi connectivity index (χ1) is 9.51. The number of amides is 2. The van der Waals surface area contributed by atoms with Crippen molar-refractivity contribution in [2.45, 2.75) is 0 Å². The van der Waals surface area contributed by atoms with Gasteiger partial charge in [-0.05, 0) is 24.3 Å². The largest absolute Gasteiger partial charge is 0.482 e. The van der Waals surface area contributed by atoms with Gasteiger partial charge >= 0.3 is 18.0 Å². The molecule has 3 N–H and O–H groups in total. The molecule has 1 rings (SSSR count). The second-order valence-corrected chi connectivity index (χ2v) is 3.59. The molecule has 8 nitrogen and oxygen atoms in total. The Morgan fingerprint density at radius 3 is 2.40 bits per heavy atom. The van der Waals surface area contributed by atoms with Crippen LogP contribution in [-0.4, -0.2) is 43.3 Å². The van der Waals surface area contributed by atoms with E-state index < -0.39 is 24.6 Å². The van der Waals surface area contributed by atoms with Crippen LogP contribution in [0.3, 0.4) is 0 Å². The molecule has 0 unspecified atom stereocenters. The Morgan fingerprint density at radius 2 is 1.85 bits per heavy atom. The van der Waals surface area contributed by atoms with Gasteiger partial charge in [0, 0.05) is 5.69 Å². The van der Waals surface area contributed by atoms with Crippen molar-refractivity contribution in [3.8, 4) is 5.75 Å². The molecule has 1 aromatic rings. The molecule has 0 spiro atoms. The second-order valence-electron chi connectivity index (χ2n) is 3.59. The van der Waals surface area contributed by atoms with Crippen LogP contribution in [0.2, 0.25) is 0 Å². The van der Waals surface area contributed by atoms with Crippen molar-refractivity contribution in [1.29, 1.82) is 0 Å². The fraction of sp³-hybridized carbons (Fsp3) is 0.250. The summed E-state index contributed by atoms with van der Waals surface area (Å²) in [6.45, 7) is -0.672. The standard InChI is InChI=1S/C12H14N2O6/c1-19-11(17)6-13-12(18)14-8-2-4-9(5-3-8)20-7-10(15)16/h2-5H,6-7H2,1H3,(H,15,16)(H2,13,14,18). The number of nitrogens with one attached hydrogen (secondary N) is 2. The van der Waals surface area contributed by atoms with Crippen molar-refractivity contribution in [2.75, 3.05) is 25.6 Å². The molecule has 0 aliphatic heterocycles. The molecule has 0 aromatic heterocycles. The highest BCUT2D eigenvalue weighted by Gasteiger charge is 2.05. The normalized spacial score (nSPS) is 9.45. The highest BCUT2D eigenvalue weighted by molar-refractivity contribution is 5.91. The Kier molecular flexibility index (Phi) is 5.82. The van der Waals surface area contributed by atoms with E-state index >= 15 is 0 Å². The van der Waals surface area contributed by atoms with Gasteiger partial charge in [-0.2, -0.15) is 0 Å². The summed E-state index contributed by atoms with van der Waals surface area (Å²) >= 11 is 0. The first-order valence-corrected chi connectivity index (χ1v) is 5.57. The van der Waals surface area contributed by atoms with E-state index in [0.29, 0.717) is 11.4 Å². The third-order valence-electron chi connectivity index (χ3n) is 2.10. The van der Waals surface area contributed by atoms with Gasteiger partial charge < -0.3 is 25.2 Å². The number of esters is 1. The number of carbonyl (C=O) groups is 3.